The summed E-state index contributed by atoms with van der Waals surface area (Å²) in [5, 5.41) is 19.0. The highest BCUT2D eigenvalue weighted by molar-refractivity contribution is 7.92. The number of nitrogens with zero attached hydrogens (tertiary/aromatic N) is 1. The van der Waals surface area contributed by atoms with Gasteiger partial charge in [-0.05, 0) is 23.6 Å². The first-order chi connectivity index (χ1) is 11.4. The van der Waals surface area contributed by atoms with Crippen LogP contribution in [0.15, 0.2) is 29.2 Å². The van der Waals surface area contributed by atoms with Crippen molar-refractivity contribution in [2.45, 2.75) is 36.8 Å². The summed E-state index contributed by atoms with van der Waals surface area (Å²) in [6.07, 6.45) is -1.46. The normalized spacial score (nSPS) is 23.2. The number of rotatable bonds is 6. The second-order valence-electron chi connectivity index (χ2n) is 6.38. The smallest absolute Gasteiger partial charge is 0.318 e. The van der Waals surface area contributed by atoms with Crippen LogP contribution in [0.5, 0.6) is 0 Å². The zero-order valence-electron chi connectivity index (χ0n) is 13.9. The van der Waals surface area contributed by atoms with Gasteiger partial charge in [-0.2, -0.15) is 4.31 Å². The van der Waals surface area contributed by atoms with Crippen molar-refractivity contribution in [3.8, 4) is 0 Å². The van der Waals surface area contributed by atoms with Crippen LogP contribution in [0.2, 0.25) is 0 Å². The number of carbonyl (C=O) groups is 1. The molecule has 0 bridgehead atoms. The Kier molecular flexibility index (Phi) is 5.57. The van der Waals surface area contributed by atoms with Gasteiger partial charge >= 0.3 is 5.97 Å². The van der Waals surface area contributed by atoms with Crippen molar-refractivity contribution in [1.82, 2.24) is 4.31 Å². The molecule has 2 rings (SSSR count). The minimum atomic E-state index is -4.28. The number of hydrogen-bond donors (Lipinski definition) is 2. The van der Waals surface area contributed by atoms with Crippen LogP contribution in [0.3, 0.4) is 0 Å². The van der Waals surface area contributed by atoms with Crippen molar-refractivity contribution in [3.63, 3.8) is 0 Å². The van der Waals surface area contributed by atoms with E-state index in [0.717, 1.165) is 5.56 Å². The molecule has 8 nitrogen and oxygen atoms in total. The monoisotopic (exact) mass is 391 g/mol. The van der Waals surface area contributed by atoms with Gasteiger partial charge in [-0.1, -0.05) is 26.0 Å². The standard InChI is InChI=1S/C15H21NO7S2/c1-10(2)11-3-5-12(6-4-11)25(22,23)16(7-15(18)19)13-8-24(20,21)9-14(13)17/h3-6,10,13-14,17H,7-9H2,1-2H3,(H,18,19)/t13-,14+/m0/s1. The number of carboxylic acids is 1. The molecule has 0 unspecified atom stereocenters. The van der Waals surface area contributed by atoms with E-state index in [0.29, 0.717) is 4.31 Å². The van der Waals surface area contributed by atoms with E-state index in [1.807, 2.05) is 13.8 Å². The summed E-state index contributed by atoms with van der Waals surface area (Å²) in [4.78, 5) is 11.0. The summed E-state index contributed by atoms with van der Waals surface area (Å²) < 4.78 is 49.7. The molecule has 1 aliphatic rings. The Labute approximate surface area is 147 Å². The third-order valence-corrected chi connectivity index (χ3v) is 7.69. The highest BCUT2D eigenvalue weighted by Gasteiger charge is 2.45. The van der Waals surface area contributed by atoms with E-state index in [1.54, 1.807) is 12.1 Å². The topological polar surface area (TPSA) is 129 Å². The summed E-state index contributed by atoms with van der Waals surface area (Å²) >= 11 is 0. The SMILES string of the molecule is CC(C)c1ccc(S(=O)(=O)N(CC(=O)O)[C@H]2CS(=O)(=O)C[C@H]2O)cc1. The summed E-state index contributed by atoms with van der Waals surface area (Å²) in [6.45, 7) is 2.96. The summed E-state index contributed by atoms with van der Waals surface area (Å²) in [6, 6.07) is 4.64. The Balaban J connectivity index is 2.44. The second kappa shape index (κ2) is 7.02. The van der Waals surface area contributed by atoms with Crippen LogP contribution in [-0.4, -0.2) is 67.5 Å². The molecule has 2 N–H and O–H groups in total. The number of sulfonamides is 1. The highest BCUT2D eigenvalue weighted by Crippen LogP contribution is 2.26. The molecule has 0 spiro atoms. The maximum Gasteiger partial charge on any atom is 0.318 e. The number of sulfone groups is 1. The lowest BCUT2D eigenvalue weighted by atomic mass is 10.0. The van der Waals surface area contributed by atoms with Crippen molar-refractivity contribution in [1.29, 1.82) is 0 Å². The van der Waals surface area contributed by atoms with Gasteiger partial charge in [-0.3, -0.25) is 4.79 Å². The average molecular weight is 391 g/mol. The van der Waals surface area contributed by atoms with E-state index in [-0.39, 0.29) is 10.8 Å². The van der Waals surface area contributed by atoms with Crippen LogP contribution in [0.25, 0.3) is 0 Å². The van der Waals surface area contributed by atoms with Crippen LogP contribution in [-0.2, 0) is 24.7 Å². The van der Waals surface area contributed by atoms with Crippen molar-refractivity contribution >= 4 is 25.8 Å². The Morgan fingerprint density at radius 2 is 1.80 bits per heavy atom. The molecule has 1 heterocycles. The average Bonchev–Trinajstić information content (AvgIpc) is 2.77. The zero-order valence-corrected chi connectivity index (χ0v) is 15.5. The van der Waals surface area contributed by atoms with E-state index in [1.165, 1.54) is 12.1 Å². The summed E-state index contributed by atoms with van der Waals surface area (Å²) in [5.41, 5.74) is 0.909. The number of carboxylic acid groups (broad SMARTS) is 1. The van der Waals surface area contributed by atoms with Gasteiger partial charge in [-0.15, -0.1) is 0 Å². The zero-order chi connectivity index (χ0) is 19.0. The number of aliphatic carboxylic acids is 1. The molecule has 0 aromatic heterocycles. The molecule has 0 radical (unpaired) electrons. The first-order valence-electron chi connectivity index (χ1n) is 7.66. The molecule has 10 heteroatoms. The number of aliphatic hydroxyl groups excluding tert-OH is 1. The van der Waals surface area contributed by atoms with Gasteiger partial charge in [0.05, 0.1) is 28.5 Å². The molecule has 0 aliphatic carbocycles. The van der Waals surface area contributed by atoms with Crippen molar-refractivity contribution in [2.75, 3.05) is 18.1 Å². The molecule has 1 aromatic rings. The van der Waals surface area contributed by atoms with E-state index in [2.05, 4.69) is 0 Å². The van der Waals surface area contributed by atoms with Crippen LogP contribution in [0.4, 0.5) is 0 Å². The van der Waals surface area contributed by atoms with Gasteiger partial charge in [0.15, 0.2) is 9.84 Å². The van der Waals surface area contributed by atoms with Crippen LogP contribution in [0, 0.1) is 0 Å². The summed E-state index contributed by atoms with van der Waals surface area (Å²) in [5.74, 6) is -2.44. The molecule has 0 amide bonds. The molecular formula is C15H21NO7S2. The predicted octanol–water partition coefficient (Wildman–Crippen LogP) is 0.0432. The fraction of sp³-hybridized carbons (Fsp3) is 0.533. The lowest BCUT2D eigenvalue weighted by molar-refractivity contribution is -0.137. The molecular weight excluding hydrogens is 370 g/mol. The lowest BCUT2D eigenvalue weighted by Gasteiger charge is -2.28. The van der Waals surface area contributed by atoms with E-state index in [4.69, 9.17) is 5.11 Å². The maximum absolute atomic E-state index is 12.8. The number of aliphatic hydroxyl groups is 1. The largest absolute Gasteiger partial charge is 0.480 e. The van der Waals surface area contributed by atoms with Crippen LogP contribution >= 0.6 is 0 Å². The van der Waals surface area contributed by atoms with Crippen molar-refractivity contribution in [2.24, 2.45) is 0 Å². The molecule has 1 fully saturated rings. The van der Waals surface area contributed by atoms with Crippen LogP contribution in [0.1, 0.15) is 25.3 Å². The molecule has 2 atom stereocenters. The van der Waals surface area contributed by atoms with E-state index in [9.17, 15) is 26.7 Å². The fourth-order valence-electron chi connectivity index (χ4n) is 2.76. The third kappa shape index (κ3) is 4.38. The first kappa shape index (κ1) is 19.8. The number of benzene rings is 1. The first-order valence-corrected chi connectivity index (χ1v) is 10.9. The van der Waals surface area contributed by atoms with Crippen LogP contribution < -0.4 is 0 Å². The molecule has 1 saturated heterocycles. The van der Waals surface area contributed by atoms with Gasteiger partial charge in [0.25, 0.3) is 0 Å². The number of hydrogen-bond acceptors (Lipinski definition) is 6. The molecule has 25 heavy (non-hydrogen) atoms. The van der Waals surface area contributed by atoms with Gasteiger partial charge < -0.3 is 10.2 Å². The predicted molar refractivity (Wildman–Crippen MR) is 90.5 cm³/mol. The van der Waals surface area contributed by atoms with Gasteiger partial charge in [0.2, 0.25) is 10.0 Å². The fourth-order valence-corrected chi connectivity index (χ4v) is 6.26. The Bertz CT molecular complexity index is 844. The highest BCUT2D eigenvalue weighted by atomic mass is 32.2. The Morgan fingerprint density at radius 1 is 1.24 bits per heavy atom. The Hall–Kier alpha value is -1.49. The summed E-state index contributed by atoms with van der Waals surface area (Å²) in [7, 11) is -7.91. The van der Waals surface area contributed by atoms with Crippen molar-refractivity contribution < 1.29 is 31.8 Å². The second-order valence-corrected chi connectivity index (χ2v) is 10.4. The van der Waals surface area contributed by atoms with E-state index < -0.39 is 56.0 Å². The molecule has 0 saturated carbocycles. The molecule has 1 aliphatic heterocycles. The Morgan fingerprint density at radius 3 is 2.20 bits per heavy atom. The molecule has 1 aromatic carbocycles. The minimum Gasteiger partial charge on any atom is -0.480 e. The quantitative estimate of drug-likeness (QED) is 0.700. The third-order valence-electron chi connectivity index (χ3n) is 4.11. The van der Waals surface area contributed by atoms with Crippen molar-refractivity contribution in [3.05, 3.63) is 29.8 Å². The lowest BCUT2D eigenvalue weighted by Crippen LogP contribution is -2.48. The van der Waals surface area contributed by atoms with E-state index >= 15 is 0 Å². The van der Waals surface area contributed by atoms with Gasteiger partial charge in [0.1, 0.15) is 6.54 Å². The molecule has 140 valence electrons. The van der Waals surface area contributed by atoms with Gasteiger partial charge in [0, 0.05) is 0 Å². The van der Waals surface area contributed by atoms with Gasteiger partial charge in [-0.25, -0.2) is 16.8 Å². The maximum atomic E-state index is 12.8. The minimum absolute atomic E-state index is 0.144.